The van der Waals surface area contributed by atoms with Crippen molar-refractivity contribution in [1.82, 2.24) is 0 Å². The molecule has 4 atom stereocenters. The standard InChI is InChI=1S/C15H26O3/c1-10-5-6-13-15(4,17)8-7-12(18-13)14(2,3)9-11(10)16/h11-13,16-17H,1,5-9H2,2-4H3/t11-,12+,13-,15-/m0/s1. The van der Waals surface area contributed by atoms with Crippen LogP contribution in [-0.2, 0) is 4.74 Å². The predicted octanol–water partition coefficient (Wildman–Crippen LogP) is 2.41. The molecule has 0 radical (unpaired) electrons. The molecule has 0 aromatic rings. The summed E-state index contributed by atoms with van der Waals surface area (Å²) >= 11 is 0. The van der Waals surface area contributed by atoms with Gasteiger partial charge in [-0.15, -0.1) is 0 Å². The Morgan fingerprint density at radius 3 is 2.56 bits per heavy atom. The van der Waals surface area contributed by atoms with E-state index in [1.807, 2.05) is 6.92 Å². The summed E-state index contributed by atoms with van der Waals surface area (Å²) in [6.45, 7) is 10.1. The predicted molar refractivity (Wildman–Crippen MR) is 71.3 cm³/mol. The molecule has 3 nitrogen and oxygen atoms in total. The van der Waals surface area contributed by atoms with Crippen molar-refractivity contribution in [2.45, 2.75) is 76.8 Å². The Kier molecular flexibility index (Phi) is 3.60. The highest BCUT2D eigenvalue weighted by atomic mass is 16.5. The molecule has 2 saturated heterocycles. The second kappa shape index (κ2) is 4.62. The van der Waals surface area contributed by atoms with Gasteiger partial charge in [0.05, 0.1) is 23.9 Å². The number of ether oxygens (including phenoxy) is 1. The normalized spacial score (nSPS) is 44.9. The number of aliphatic hydroxyl groups is 2. The third kappa shape index (κ3) is 2.63. The molecule has 0 spiro atoms. The average Bonchev–Trinajstić information content (AvgIpc) is 2.27. The molecule has 2 heterocycles. The Labute approximate surface area is 110 Å². The molecule has 104 valence electrons. The summed E-state index contributed by atoms with van der Waals surface area (Å²) in [7, 11) is 0. The third-order valence-corrected chi connectivity index (χ3v) is 4.72. The molecule has 0 saturated carbocycles. The van der Waals surface area contributed by atoms with Crippen LogP contribution in [-0.4, -0.2) is 34.1 Å². The molecule has 3 heteroatoms. The highest BCUT2D eigenvalue weighted by Gasteiger charge is 2.45. The van der Waals surface area contributed by atoms with Crippen LogP contribution >= 0.6 is 0 Å². The largest absolute Gasteiger partial charge is 0.389 e. The van der Waals surface area contributed by atoms with E-state index in [9.17, 15) is 10.2 Å². The zero-order valence-electron chi connectivity index (χ0n) is 11.8. The quantitative estimate of drug-likeness (QED) is 0.653. The van der Waals surface area contributed by atoms with E-state index in [0.29, 0.717) is 6.42 Å². The molecule has 0 aliphatic carbocycles. The molecule has 2 aliphatic rings. The molecule has 2 aliphatic heterocycles. The summed E-state index contributed by atoms with van der Waals surface area (Å²) in [5.41, 5.74) is 0.0406. The van der Waals surface area contributed by atoms with Gasteiger partial charge in [-0.25, -0.2) is 0 Å². The van der Waals surface area contributed by atoms with Gasteiger partial charge in [-0.1, -0.05) is 20.4 Å². The maximum atomic E-state index is 10.4. The van der Waals surface area contributed by atoms with Crippen LogP contribution < -0.4 is 0 Å². The summed E-state index contributed by atoms with van der Waals surface area (Å²) < 4.78 is 6.13. The summed E-state index contributed by atoms with van der Waals surface area (Å²) in [5.74, 6) is 0. The van der Waals surface area contributed by atoms with Gasteiger partial charge in [0.1, 0.15) is 0 Å². The van der Waals surface area contributed by atoms with E-state index < -0.39 is 11.7 Å². The Balaban J connectivity index is 2.25. The van der Waals surface area contributed by atoms with Crippen LogP contribution in [0.5, 0.6) is 0 Å². The van der Waals surface area contributed by atoms with Crippen molar-refractivity contribution in [1.29, 1.82) is 0 Å². The van der Waals surface area contributed by atoms with Gasteiger partial charge in [0.2, 0.25) is 0 Å². The molecule has 0 aromatic carbocycles. The summed E-state index contributed by atoms with van der Waals surface area (Å²) in [6, 6.07) is 0. The fourth-order valence-electron chi connectivity index (χ4n) is 3.21. The molecule has 18 heavy (non-hydrogen) atoms. The minimum atomic E-state index is -0.748. The van der Waals surface area contributed by atoms with Crippen LogP contribution in [0.2, 0.25) is 0 Å². The molecule has 2 N–H and O–H groups in total. The second-order valence-electron chi connectivity index (χ2n) is 6.91. The van der Waals surface area contributed by atoms with Crippen LogP contribution in [0.1, 0.15) is 52.9 Å². The van der Waals surface area contributed by atoms with Gasteiger partial charge in [-0.2, -0.15) is 0 Å². The highest BCUT2D eigenvalue weighted by molar-refractivity contribution is 5.07. The van der Waals surface area contributed by atoms with Crippen molar-refractivity contribution in [2.24, 2.45) is 5.41 Å². The monoisotopic (exact) mass is 254 g/mol. The van der Waals surface area contributed by atoms with Crippen molar-refractivity contribution < 1.29 is 14.9 Å². The van der Waals surface area contributed by atoms with Crippen LogP contribution in [0.15, 0.2) is 12.2 Å². The van der Waals surface area contributed by atoms with Gasteiger partial charge in [-0.3, -0.25) is 0 Å². The molecule has 2 bridgehead atoms. The lowest BCUT2D eigenvalue weighted by atomic mass is 9.75. The van der Waals surface area contributed by atoms with Crippen LogP contribution in [0.3, 0.4) is 0 Å². The minimum absolute atomic E-state index is 0.0819. The van der Waals surface area contributed by atoms with Gasteiger partial charge in [0, 0.05) is 0 Å². The van der Waals surface area contributed by atoms with Gasteiger partial charge < -0.3 is 14.9 Å². The fraction of sp³-hybridized carbons (Fsp3) is 0.867. The molecule has 0 amide bonds. The molecule has 2 fully saturated rings. The lowest BCUT2D eigenvalue weighted by molar-refractivity contribution is -0.195. The lowest BCUT2D eigenvalue weighted by Crippen LogP contribution is -2.51. The molecule has 2 rings (SSSR count). The summed E-state index contributed by atoms with van der Waals surface area (Å²) in [5, 5.41) is 20.6. The summed E-state index contributed by atoms with van der Waals surface area (Å²) in [6.07, 6.45) is 3.31. The third-order valence-electron chi connectivity index (χ3n) is 4.72. The first-order valence-electron chi connectivity index (χ1n) is 6.96. The van der Waals surface area contributed by atoms with E-state index in [1.54, 1.807) is 0 Å². The molecular weight excluding hydrogens is 228 g/mol. The van der Waals surface area contributed by atoms with Gasteiger partial charge >= 0.3 is 0 Å². The fourth-order valence-corrected chi connectivity index (χ4v) is 3.21. The number of hydrogen-bond acceptors (Lipinski definition) is 3. The van der Waals surface area contributed by atoms with Crippen molar-refractivity contribution >= 4 is 0 Å². The van der Waals surface area contributed by atoms with E-state index in [0.717, 1.165) is 31.3 Å². The van der Waals surface area contributed by atoms with E-state index in [-0.39, 0.29) is 17.6 Å². The molecular formula is C15H26O3. The smallest absolute Gasteiger partial charge is 0.0881 e. The summed E-state index contributed by atoms with van der Waals surface area (Å²) in [4.78, 5) is 0. The number of fused-ring (bicyclic) bond motifs is 2. The van der Waals surface area contributed by atoms with Crippen molar-refractivity contribution in [2.75, 3.05) is 0 Å². The first-order valence-corrected chi connectivity index (χ1v) is 6.96. The Hall–Kier alpha value is -0.380. The van der Waals surface area contributed by atoms with Crippen LogP contribution in [0.4, 0.5) is 0 Å². The molecule has 0 aromatic heterocycles. The second-order valence-corrected chi connectivity index (χ2v) is 6.91. The zero-order chi connectivity index (χ0) is 13.6. The Bertz CT molecular complexity index is 333. The number of aliphatic hydroxyl groups excluding tert-OH is 1. The SMILES string of the molecule is C=C1CC[C@@H]2O[C@H](CC[C@]2(C)O)C(C)(C)C[C@@H]1O. The van der Waals surface area contributed by atoms with E-state index in [1.165, 1.54) is 0 Å². The minimum Gasteiger partial charge on any atom is -0.389 e. The topological polar surface area (TPSA) is 49.7 Å². The van der Waals surface area contributed by atoms with Crippen molar-refractivity contribution in [3.8, 4) is 0 Å². The average molecular weight is 254 g/mol. The van der Waals surface area contributed by atoms with Crippen LogP contribution in [0.25, 0.3) is 0 Å². The maximum Gasteiger partial charge on any atom is 0.0881 e. The van der Waals surface area contributed by atoms with Crippen LogP contribution in [0, 0.1) is 5.41 Å². The van der Waals surface area contributed by atoms with E-state index >= 15 is 0 Å². The van der Waals surface area contributed by atoms with E-state index in [2.05, 4.69) is 20.4 Å². The Morgan fingerprint density at radius 2 is 1.89 bits per heavy atom. The first-order chi connectivity index (χ1) is 8.22. The maximum absolute atomic E-state index is 10.4. The zero-order valence-corrected chi connectivity index (χ0v) is 11.8. The van der Waals surface area contributed by atoms with Gasteiger partial charge in [0.25, 0.3) is 0 Å². The lowest BCUT2D eigenvalue weighted by Gasteiger charge is -2.46. The highest BCUT2D eigenvalue weighted by Crippen LogP contribution is 2.43. The van der Waals surface area contributed by atoms with E-state index in [4.69, 9.17) is 4.74 Å². The number of hydrogen-bond donors (Lipinski definition) is 2. The van der Waals surface area contributed by atoms with Gasteiger partial charge in [0.15, 0.2) is 0 Å². The Morgan fingerprint density at radius 1 is 1.22 bits per heavy atom. The molecule has 0 unspecified atom stereocenters. The van der Waals surface area contributed by atoms with Crippen molar-refractivity contribution in [3.05, 3.63) is 12.2 Å². The van der Waals surface area contributed by atoms with Gasteiger partial charge in [-0.05, 0) is 50.0 Å². The van der Waals surface area contributed by atoms with Crippen molar-refractivity contribution in [3.63, 3.8) is 0 Å². The number of rotatable bonds is 0. The first kappa shape index (κ1) is 14.0.